The molecule has 0 saturated heterocycles. The molecule has 0 aliphatic carbocycles. The van der Waals surface area contributed by atoms with Crippen molar-refractivity contribution in [3.05, 3.63) is 46.5 Å². The number of non-ortho nitro benzene ring substituents is 1. The molecule has 16 heavy (non-hydrogen) atoms. The van der Waals surface area contributed by atoms with Crippen LogP contribution in [0.1, 0.15) is 0 Å². The van der Waals surface area contributed by atoms with Gasteiger partial charge in [-0.05, 0) is 16.9 Å². The highest BCUT2D eigenvalue weighted by Gasteiger charge is 2.19. The van der Waals surface area contributed by atoms with Gasteiger partial charge in [-0.2, -0.15) is 0 Å². The number of benzene rings is 2. The average Bonchev–Trinajstić information content (AvgIpc) is 2.27. The van der Waals surface area contributed by atoms with Gasteiger partial charge in [0.2, 0.25) is 0 Å². The molecule has 0 saturated carbocycles. The highest BCUT2D eigenvalue weighted by Crippen LogP contribution is 2.23. The fourth-order valence-electron chi connectivity index (χ4n) is 1.61. The van der Waals surface area contributed by atoms with Crippen molar-refractivity contribution in [2.24, 2.45) is 0 Å². The lowest BCUT2D eigenvalue weighted by Gasteiger charge is -2.03. The zero-order valence-electron chi connectivity index (χ0n) is 8.20. The Kier molecular flexibility index (Phi) is 2.60. The van der Waals surface area contributed by atoms with Gasteiger partial charge in [0.1, 0.15) is 0 Å². The van der Waals surface area contributed by atoms with Crippen LogP contribution < -0.4 is 5.46 Å². The Labute approximate surface area is 91.2 Å². The lowest BCUT2D eigenvalue weighted by atomic mass is 9.79. The number of hydrogen-bond donors (Lipinski definition) is 2. The normalized spacial score (nSPS) is 10.4. The Hall–Kier alpha value is -1.92. The molecule has 0 fully saturated rings. The number of hydrogen-bond acceptors (Lipinski definition) is 4. The minimum atomic E-state index is -1.71. The first-order chi connectivity index (χ1) is 7.59. The summed E-state index contributed by atoms with van der Waals surface area (Å²) < 4.78 is 0. The number of nitro benzene ring substituents is 1. The molecule has 0 spiro atoms. The molecule has 0 heterocycles. The highest BCUT2D eigenvalue weighted by molar-refractivity contribution is 6.59. The second kappa shape index (κ2) is 3.92. The number of nitrogens with zero attached hydrogens (tertiary/aromatic N) is 1. The van der Waals surface area contributed by atoms with Crippen LogP contribution in [0.5, 0.6) is 0 Å². The van der Waals surface area contributed by atoms with Crippen LogP contribution in [-0.2, 0) is 0 Å². The van der Waals surface area contributed by atoms with E-state index in [0.717, 1.165) is 0 Å². The average molecular weight is 217 g/mol. The lowest BCUT2D eigenvalue weighted by Crippen LogP contribution is -2.29. The summed E-state index contributed by atoms with van der Waals surface area (Å²) in [5.74, 6) is 0. The molecule has 2 aromatic carbocycles. The predicted octanol–water partition coefficient (Wildman–Crippen LogP) is 0.428. The summed E-state index contributed by atoms with van der Waals surface area (Å²) in [4.78, 5) is 10.3. The van der Waals surface area contributed by atoms with Crippen LogP contribution in [0, 0.1) is 10.1 Å². The molecular weight excluding hydrogens is 209 g/mol. The van der Waals surface area contributed by atoms with E-state index in [2.05, 4.69) is 0 Å². The summed E-state index contributed by atoms with van der Waals surface area (Å²) in [5.41, 5.74) is -0.00778. The predicted molar refractivity (Wildman–Crippen MR) is 60.4 cm³/mol. The van der Waals surface area contributed by atoms with Gasteiger partial charge in [-0.3, -0.25) is 10.1 Å². The molecule has 2 N–H and O–H groups in total. The highest BCUT2D eigenvalue weighted by atomic mass is 16.6. The molecule has 80 valence electrons. The fraction of sp³-hybridized carbons (Fsp3) is 0. The van der Waals surface area contributed by atoms with Crippen molar-refractivity contribution in [1.29, 1.82) is 0 Å². The first-order valence-electron chi connectivity index (χ1n) is 4.63. The van der Waals surface area contributed by atoms with Gasteiger partial charge in [-0.1, -0.05) is 24.3 Å². The Morgan fingerprint density at radius 1 is 1.19 bits per heavy atom. The van der Waals surface area contributed by atoms with Gasteiger partial charge in [0, 0.05) is 6.07 Å². The maximum Gasteiger partial charge on any atom is 0.488 e. The molecular formula is C10H8BNO4. The fourth-order valence-corrected chi connectivity index (χ4v) is 1.61. The summed E-state index contributed by atoms with van der Waals surface area (Å²) >= 11 is 0. The molecule has 2 rings (SSSR count). The largest absolute Gasteiger partial charge is 0.488 e. The van der Waals surface area contributed by atoms with Crippen LogP contribution in [0.25, 0.3) is 10.8 Å². The molecule has 0 aromatic heterocycles. The molecule has 0 aliphatic heterocycles. The van der Waals surface area contributed by atoms with Crippen molar-refractivity contribution in [2.45, 2.75) is 0 Å². The first kappa shape index (κ1) is 10.6. The molecule has 0 aliphatic rings. The smallest absolute Gasteiger partial charge is 0.423 e. The third-order valence-corrected chi connectivity index (χ3v) is 2.36. The molecule has 0 atom stereocenters. The van der Waals surface area contributed by atoms with Crippen LogP contribution in [0.15, 0.2) is 36.4 Å². The molecule has 0 radical (unpaired) electrons. The van der Waals surface area contributed by atoms with E-state index in [1.54, 1.807) is 24.3 Å². The number of nitro groups is 1. The Morgan fingerprint density at radius 2 is 1.88 bits per heavy atom. The minimum absolute atomic E-state index is 0.116. The number of fused-ring (bicyclic) bond motifs is 1. The number of rotatable bonds is 2. The van der Waals surface area contributed by atoms with Crippen molar-refractivity contribution < 1.29 is 15.0 Å². The van der Waals surface area contributed by atoms with E-state index in [9.17, 15) is 10.1 Å². The van der Waals surface area contributed by atoms with Crippen molar-refractivity contribution in [3.63, 3.8) is 0 Å². The minimum Gasteiger partial charge on any atom is -0.423 e. The summed E-state index contributed by atoms with van der Waals surface area (Å²) in [7, 11) is -1.71. The molecule has 6 heteroatoms. The van der Waals surface area contributed by atoms with Crippen LogP contribution in [0.3, 0.4) is 0 Å². The summed E-state index contributed by atoms with van der Waals surface area (Å²) in [5, 5.41) is 30.0. The standard InChI is InChI=1S/C10H8BNO4/c13-11(14)8-5-7-3-1-2-4-9(7)10(6-8)12(15)16/h1-6,13-14H. The van der Waals surface area contributed by atoms with Crippen molar-refractivity contribution >= 4 is 29.0 Å². The van der Waals surface area contributed by atoms with Gasteiger partial charge < -0.3 is 10.0 Å². The Morgan fingerprint density at radius 3 is 2.50 bits per heavy atom. The molecule has 0 unspecified atom stereocenters. The topological polar surface area (TPSA) is 83.6 Å². The summed E-state index contributed by atoms with van der Waals surface area (Å²) in [6, 6.07) is 9.44. The lowest BCUT2D eigenvalue weighted by molar-refractivity contribution is -0.383. The molecule has 0 amide bonds. The maximum absolute atomic E-state index is 10.8. The molecule has 2 aromatic rings. The second-order valence-corrected chi connectivity index (χ2v) is 3.39. The van der Waals surface area contributed by atoms with Crippen LogP contribution in [0.2, 0.25) is 0 Å². The van der Waals surface area contributed by atoms with Gasteiger partial charge >= 0.3 is 7.12 Å². The van der Waals surface area contributed by atoms with Gasteiger partial charge in [0.15, 0.2) is 0 Å². The maximum atomic E-state index is 10.8. The zero-order valence-corrected chi connectivity index (χ0v) is 8.20. The van der Waals surface area contributed by atoms with E-state index >= 15 is 0 Å². The van der Waals surface area contributed by atoms with Crippen LogP contribution >= 0.6 is 0 Å². The van der Waals surface area contributed by atoms with E-state index in [1.807, 2.05) is 0 Å². The van der Waals surface area contributed by atoms with E-state index in [-0.39, 0.29) is 11.2 Å². The SMILES string of the molecule is O=[N+]([O-])c1cc(B(O)O)cc2ccccc12. The third kappa shape index (κ3) is 1.76. The van der Waals surface area contributed by atoms with Gasteiger partial charge in [-0.25, -0.2) is 0 Å². The van der Waals surface area contributed by atoms with Crippen molar-refractivity contribution in [1.82, 2.24) is 0 Å². The van der Waals surface area contributed by atoms with Crippen LogP contribution in [0.4, 0.5) is 5.69 Å². The van der Waals surface area contributed by atoms with E-state index in [4.69, 9.17) is 10.0 Å². The van der Waals surface area contributed by atoms with E-state index in [0.29, 0.717) is 10.8 Å². The quantitative estimate of drug-likeness (QED) is 0.434. The van der Waals surface area contributed by atoms with Gasteiger partial charge in [0.05, 0.1) is 10.3 Å². The zero-order chi connectivity index (χ0) is 11.7. The Balaban J connectivity index is 2.79. The van der Waals surface area contributed by atoms with E-state index in [1.165, 1.54) is 12.1 Å². The monoisotopic (exact) mass is 217 g/mol. The molecule has 0 bridgehead atoms. The first-order valence-corrected chi connectivity index (χ1v) is 4.63. The molecule has 5 nitrogen and oxygen atoms in total. The van der Waals surface area contributed by atoms with Crippen molar-refractivity contribution in [2.75, 3.05) is 0 Å². The second-order valence-electron chi connectivity index (χ2n) is 3.39. The summed E-state index contributed by atoms with van der Waals surface area (Å²) in [6.07, 6.45) is 0. The Bertz CT molecular complexity index is 556. The van der Waals surface area contributed by atoms with E-state index < -0.39 is 12.0 Å². The van der Waals surface area contributed by atoms with Gasteiger partial charge in [0.25, 0.3) is 5.69 Å². The van der Waals surface area contributed by atoms with Crippen LogP contribution in [-0.4, -0.2) is 22.1 Å². The van der Waals surface area contributed by atoms with Gasteiger partial charge in [-0.15, -0.1) is 0 Å². The summed E-state index contributed by atoms with van der Waals surface area (Å²) in [6.45, 7) is 0. The third-order valence-electron chi connectivity index (χ3n) is 2.36. The van der Waals surface area contributed by atoms with Crippen molar-refractivity contribution in [3.8, 4) is 0 Å².